The molecule has 0 fully saturated rings. The van der Waals surface area contributed by atoms with Crippen LogP contribution in [-0.4, -0.2) is 47.8 Å². The van der Waals surface area contributed by atoms with Gasteiger partial charge in [0, 0.05) is 0 Å². The van der Waals surface area contributed by atoms with E-state index in [1.807, 2.05) is 0 Å². The van der Waals surface area contributed by atoms with Crippen molar-refractivity contribution in [3.05, 3.63) is 43.6 Å². The molecule has 0 atom stereocenters. The first kappa shape index (κ1) is 15.6. The first-order valence-electron chi connectivity index (χ1n) is 4.92. The van der Waals surface area contributed by atoms with Crippen molar-refractivity contribution >= 4 is 17.9 Å². The first-order chi connectivity index (χ1) is 9.56. The first-order valence-corrected chi connectivity index (χ1v) is 4.92. The summed E-state index contributed by atoms with van der Waals surface area (Å²) in [6.07, 6.45) is 0. The van der Waals surface area contributed by atoms with E-state index >= 15 is 0 Å². The van der Waals surface area contributed by atoms with Crippen LogP contribution >= 0.6 is 0 Å². The predicted molar refractivity (Wildman–Crippen MR) is 62.0 cm³/mol. The lowest BCUT2D eigenvalue weighted by atomic mass is 9.90. The Hall–Kier alpha value is -3.44. The quantitative estimate of drug-likeness (QED) is 0.273. The summed E-state index contributed by atoms with van der Waals surface area (Å²) in [6.45, 7) is 2.78. The van der Waals surface area contributed by atoms with Gasteiger partial charge in [-0.15, -0.1) is 0 Å². The van der Waals surface area contributed by atoms with Crippen LogP contribution in [0.3, 0.4) is 0 Å². The van der Waals surface area contributed by atoms with E-state index in [4.69, 9.17) is 15.3 Å². The monoisotopic (exact) mass is 301 g/mol. The highest BCUT2D eigenvalue weighted by atomic mass is 16.4. The zero-order valence-electron chi connectivity index (χ0n) is 9.95. The lowest BCUT2D eigenvalue weighted by Crippen LogP contribution is -2.62. The van der Waals surface area contributed by atoms with E-state index in [1.54, 1.807) is 0 Å². The number of aliphatic carboxylic acids is 3. The Morgan fingerprint density at radius 1 is 0.952 bits per heavy atom. The molecule has 1 heterocycles. The van der Waals surface area contributed by atoms with E-state index in [0.717, 1.165) is 0 Å². The molecule has 112 valence electrons. The lowest BCUT2D eigenvalue weighted by molar-refractivity contribution is -0.162. The van der Waals surface area contributed by atoms with Gasteiger partial charge in [0.2, 0.25) is 0 Å². The maximum absolute atomic E-state index is 11.6. The Bertz CT molecular complexity index is 776. The van der Waals surface area contributed by atoms with Crippen molar-refractivity contribution in [1.29, 1.82) is 0 Å². The summed E-state index contributed by atoms with van der Waals surface area (Å²) in [5.41, 5.74) is -9.89. The number of nitrogens with one attached hydrogen (secondary N) is 2. The third-order valence-electron chi connectivity index (χ3n) is 2.50. The summed E-state index contributed by atoms with van der Waals surface area (Å²) in [5, 5.41) is 26.9. The molecule has 1 rings (SSSR count). The summed E-state index contributed by atoms with van der Waals surface area (Å²) in [6, 6.07) is 0. The molecule has 0 aliphatic heterocycles. The van der Waals surface area contributed by atoms with Crippen molar-refractivity contribution in [3.8, 4) is 0 Å². The molecule has 5 N–H and O–H groups in total. The van der Waals surface area contributed by atoms with E-state index in [2.05, 4.69) is 6.58 Å². The second-order valence-corrected chi connectivity index (χ2v) is 3.63. The molecule has 21 heavy (non-hydrogen) atoms. The van der Waals surface area contributed by atoms with Crippen LogP contribution in [0.2, 0.25) is 0 Å². The number of hydrogen-bond acceptors (Lipinski definition) is 6. The van der Waals surface area contributed by atoms with Gasteiger partial charge in [-0.2, -0.15) is 0 Å². The lowest BCUT2D eigenvalue weighted by Gasteiger charge is -2.25. The van der Waals surface area contributed by atoms with Gasteiger partial charge < -0.3 is 15.3 Å². The van der Waals surface area contributed by atoms with Crippen molar-refractivity contribution < 1.29 is 29.7 Å². The van der Waals surface area contributed by atoms with Crippen molar-refractivity contribution in [2.45, 2.75) is 5.54 Å². The number of carboxylic acids is 3. The van der Waals surface area contributed by atoms with Crippen LogP contribution in [0.4, 0.5) is 0 Å². The maximum Gasteiger partial charge on any atom is 0.347 e. The van der Waals surface area contributed by atoms with Crippen LogP contribution < -0.4 is 17.1 Å². The Morgan fingerprint density at radius 2 is 1.33 bits per heavy atom. The third kappa shape index (κ3) is 2.13. The Balaban J connectivity index is 4.07. The summed E-state index contributed by atoms with van der Waals surface area (Å²) in [4.78, 5) is 70.3. The smallest absolute Gasteiger partial charge is 0.347 e. The number of nitrogens with zero attached hydrogens (tertiary/aromatic N) is 1. The number of hydrogen-bond donors (Lipinski definition) is 5. The summed E-state index contributed by atoms with van der Waals surface area (Å²) >= 11 is 0. The average molecular weight is 301 g/mol. The molecule has 1 aromatic heterocycles. The molecule has 0 radical (unpaired) electrons. The van der Waals surface area contributed by atoms with Crippen LogP contribution in [0.5, 0.6) is 0 Å². The van der Waals surface area contributed by atoms with Gasteiger partial charge in [-0.3, -0.25) is 9.97 Å². The Labute approximate surface area is 112 Å². The van der Waals surface area contributed by atoms with Crippen molar-refractivity contribution in [2.24, 2.45) is 0 Å². The highest BCUT2D eigenvalue weighted by Crippen LogP contribution is 2.23. The van der Waals surface area contributed by atoms with Gasteiger partial charge in [0.05, 0.1) is 5.57 Å². The van der Waals surface area contributed by atoms with Gasteiger partial charge in [-0.25, -0.2) is 33.3 Å². The van der Waals surface area contributed by atoms with Gasteiger partial charge in [-0.1, -0.05) is 6.58 Å². The summed E-state index contributed by atoms with van der Waals surface area (Å²) in [7, 11) is 0. The minimum absolute atomic E-state index is 0.463. The van der Waals surface area contributed by atoms with E-state index in [0.29, 0.717) is 0 Å². The number of aromatic nitrogens is 3. The maximum atomic E-state index is 11.6. The molecule has 0 saturated heterocycles. The Morgan fingerprint density at radius 3 is 1.62 bits per heavy atom. The molecule has 12 heteroatoms. The van der Waals surface area contributed by atoms with Gasteiger partial charge >= 0.3 is 35.0 Å². The second kappa shape index (κ2) is 4.92. The van der Waals surface area contributed by atoms with Crippen LogP contribution in [0.25, 0.3) is 0 Å². The molecule has 0 aliphatic rings. The van der Waals surface area contributed by atoms with E-state index < -0.39 is 50.7 Å². The molecule has 0 unspecified atom stereocenters. The minimum atomic E-state index is -3.62. The molecule has 0 aliphatic carbocycles. The molecule has 0 amide bonds. The van der Waals surface area contributed by atoms with E-state index in [9.17, 15) is 28.8 Å². The fourth-order valence-corrected chi connectivity index (χ4v) is 1.56. The molecule has 0 bridgehead atoms. The Kier molecular flexibility index (Phi) is 3.66. The second-order valence-electron chi connectivity index (χ2n) is 3.63. The summed E-state index contributed by atoms with van der Waals surface area (Å²) < 4.78 is -0.463. The number of aromatic amines is 2. The van der Waals surface area contributed by atoms with Gasteiger partial charge in [0.15, 0.2) is 0 Å². The highest BCUT2D eigenvalue weighted by Gasteiger charge is 2.56. The number of rotatable bonds is 5. The van der Waals surface area contributed by atoms with Crippen LogP contribution in [-0.2, 0) is 19.9 Å². The van der Waals surface area contributed by atoms with Crippen LogP contribution in [0, 0.1) is 0 Å². The number of carboxylic acid groups (broad SMARTS) is 3. The topological polar surface area (TPSA) is 200 Å². The molecular weight excluding hydrogens is 294 g/mol. The number of H-pyrrole nitrogens is 2. The molecular formula is C9H7N3O9. The zero-order valence-corrected chi connectivity index (χ0v) is 9.95. The van der Waals surface area contributed by atoms with Crippen molar-refractivity contribution in [2.75, 3.05) is 0 Å². The van der Waals surface area contributed by atoms with Gasteiger partial charge in [-0.05, 0) is 0 Å². The van der Waals surface area contributed by atoms with Gasteiger partial charge in [0.1, 0.15) is 0 Å². The minimum Gasteiger partial charge on any atom is -0.479 e. The largest absolute Gasteiger partial charge is 0.479 e. The standard InChI is InChI=1S/C9H7N3O9/c1-2(3(13)14)9(4(15)16,5(17)18)12-7(20)10-6(19)11-8(12)21/h1H2,(H,13,14)(H,15,16)(H,17,18)(H2,10,11,19,20,21). The van der Waals surface area contributed by atoms with E-state index in [-0.39, 0.29) is 0 Å². The zero-order chi connectivity index (χ0) is 16.5. The SMILES string of the molecule is C=C(C(=O)O)C(C(=O)O)(C(=O)O)n1c(=O)[nH]c(=O)[nH]c1=O. The number of carbonyl (C=O) groups is 3. The van der Waals surface area contributed by atoms with E-state index in [1.165, 1.54) is 9.97 Å². The molecule has 1 aromatic rings. The fraction of sp³-hybridized carbons (Fsp3) is 0.111. The van der Waals surface area contributed by atoms with Crippen molar-refractivity contribution in [1.82, 2.24) is 14.5 Å². The molecule has 0 aromatic carbocycles. The molecule has 0 spiro atoms. The predicted octanol–water partition coefficient (Wildman–Crippen LogP) is -3.27. The summed E-state index contributed by atoms with van der Waals surface area (Å²) in [5.74, 6) is -6.79. The van der Waals surface area contributed by atoms with Crippen LogP contribution in [0.1, 0.15) is 0 Å². The molecule has 12 nitrogen and oxygen atoms in total. The molecule has 0 saturated carbocycles. The van der Waals surface area contributed by atoms with Crippen molar-refractivity contribution in [3.63, 3.8) is 0 Å². The third-order valence-corrected chi connectivity index (χ3v) is 2.50. The van der Waals surface area contributed by atoms with Crippen LogP contribution in [0.15, 0.2) is 26.5 Å². The average Bonchev–Trinajstić information content (AvgIpc) is 2.31. The normalized spacial score (nSPS) is 10.9. The highest BCUT2D eigenvalue weighted by molar-refractivity contribution is 6.11. The fourth-order valence-electron chi connectivity index (χ4n) is 1.56. The van der Waals surface area contributed by atoms with Gasteiger partial charge in [0.25, 0.3) is 5.54 Å².